The third-order valence-corrected chi connectivity index (χ3v) is 12.0. The summed E-state index contributed by atoms with van der Waals surface area (Å²) in [5, 5.41) is 34.4. The highest BCUT2D eigenvalue weighted by Crippen LogP contribution is 2.42. The Labute approximate surface area is 326 Å². The van der Waals surface area contributed by atoms with Crippen LogP contribution in [0.15, 0.2) is 54.7 Å². The number of piperidine rings is 1. The van der Waals surface area contributed by atoms with Crippen molar-refractivity contribution < 1.29 is 19.6 Å². The quantitative estimate of drug-likeness (QED) is 0.146. The van der Waals surface area contributed by atoms with Crippen LogP contribution in [0.2, 0.25) is 0 Å². The highest BCUT2D eigenvalue weighted by Gasteiger charge is 2.47. The van der Waals surface area contributed by atoms with E-state index in [1.807, 2.05) is 90.2 Å². The normalized spacial score (nSPS) is 21.5. The van der Waals surface area contributed by atoms with Gasteiger partial charge in [-0.15, -0.1) is 15.4 Å². The summed E-state index contributed by atoms with van der Waals surface area (Å²) in [4.78, 5) is 51.6. The Kier molecular flexibility index (Phi) is 9.78. The van der Waals surface area contributed by atoms with Crippen molar-refractivity contribution in [3.05, 3.63) is 82.9 Å². The molecule has 3 amide bonds. The summed E-state index contributed by atoms with van der Waals surface area (Å²) in [5.41, 5.74) is 5.60. The number of hydrogen-bond acceptors (Lipinski definition) is 7. The van der Waals surface area contributed by atoms with Gasteiger partial charge in [0.2, 0.25) is 17.7 Å². The smallest absolute Gasteiger partial charge is 0.243 e. The number of hydroxylamine groups is 2. The molecule has 14 nitrogen and oxygen atoms in total. The van der Waals surface area contributed by atoms with Crippen LogP contribution in [0.25, 0.3) is 21.8 Å². The van der Waals surface area contributed by atoms with Gasteiger partial charge in [-0.3, -0.25) is 19.7 Å². The van der Waals surface area contributed by atoms with E-state index in [1.54, 1.807) is 9.58 Å². The fraction of sp³-hybridized carbons (Fsp3) is 0.500. The molecular weight excluding hydrogens is 709 g/mol. The second kappa shape index (κ2) is 14.5. The van der Waals surface area contributed by atoms with Gasteiger partial charge in [-0.1, -0.05) is 55.5 Å². The predicted molar refractivity (Wildman–Crippen MR) is 211 cm³/mol. The fourth-order valence-corrected chi connectivity index (χ4v) is 9.43. The lowest BCUT2D eigenvalue weighted by Crippen LogP contribution is -2.60. The maximum absolute atomic E-state index is 14.6. The number of amides is 3. The highest BCUT2D eigenvalue weighted by atomic mass is 16.5. The van der Waals surface area contributed by atoms with Crippen molar-refractivity contribution in [3.8, 4) is 0 Å². The predicted octanol–water partition coefficient (Wildman–Crippen LogP) is 4.60. The lowest BCUT2D eigenvalue weighted by molar-refractivity contribution is -0.293. The van der Waals surface area contributed by atoms with Crippen LogP contribution in [0, 0.1) is 5.92 Å². The summed E-state index contributed by atoms with van der Waals surface area (Å²) in [6, 6.07) is 13.9. The van der Waals surface area contributed by atoms with Crippen LogP contribution >= 0.6 is 0 Å². The molecule has 14 heteroatoms. The van der Waals surface area contributed by atoms with Crippen LogP contribution in [0.5, 0.6) is 0 Å². The van der Waals surface area contributed by atoms with Crippen LogP contribution in [0.4, 0.5) is 0 Å². The van der Waals surface area contributed by atoms with Gasteiger partial charge < -0.3 is 25.5 Å². The van der Waals surface area contributed by atoms with Crippen molar-refractivity contribution in [2.45, 2.75) is 129 Å². The van der Waals surface area contributed by atoms with Gasteiger partial charge in [-0.25, -0.2) is 4.68 Å². The number of benzene rings is 2. The Hall–Kier alpha value is -5.05. The number of aromatic nitrogens is 5. The molecule has 0 aliphatic carbocycles. The molecule has 5 N–H and O–H groups in total. The lowest BCUT2D eigenvalue weighted by Gasteiger charge is -2.49. The van der Waals surface area contributed by atoms with Crippen molar-refractivity contribution in [1.82, 2.24) is 50.9 Å². The van der Waals surface area contributed by atoms with Crippen molar-refractivity contribution in [3.63, 3.8) is 0 Å². The second-order valence-corrected chi connectivity index (χ2v) is 17.7. The molecule has 5 aromatic rings. The highest BCUT2D eigenvalue weighted by molar-refractivity contribution is 5.96. The van der Waals surface area contributed by atoms with Crippen LogP contribution < -0.4 is 16.0 Å². The molecule has 295 valence electrons. The number of carbonyl (C=O) groups excluding carboxylic acids is 3. The van der Waals surface area contributed by atoms with Gasteiger partial charge in [0.1, 0.15) is 17.8 Å². The number of fused-ring (bicyclic) bond motifs is 6. The first-order valence-electron chi connectivity index (χ1n) is 19.9. The van der Waals surface area contributed by atoms with E-state index < -0.39 is 29.2 Å². The molecule has 3 atom stereocenters. The van der Waals surface area contributed by atoms with E-state index in [2.05, 4.69) is 42.3 Å². The van der Waals surface area contributed by atoms with E-state index in [1.165, 1.54) is 5.06 Å². The molecule has 8 rings (SSSR count). The second-order valence-electron chi connectivity index (χ2n) is 17.7. The largest absolute Gasteiger partial charge is 0.357 e. The van der Waals surface area contributed by atoms with Crippen molar-refractivity contribution >= 4 is 39.5 Å². The van der Waals surface area contributed by atoms with Gasteiger partial charge in [0, 0.05) is 57.2 Å². The van der Waals surface area contributed by atoms with E-state index in [9.17, 15) is 19.6 Å². The molecular formula is C42H53N10O4. The summed E-state index contributed by atoms with van der Waals surface area (Å²) < 4.78 is 1.81. The molecule has 6 heterocycles. The zero-order chi connectivity index (χ0) is 39.5. The SMILES string of the molecule is CC(C)C[C@@H](NC(=O)[C@@H]1Cc2c([nH]c3ccccc23)CN1C(=O)[C@@H]1Cc2c([nH]c3ccccc23)CN1)C(=O)NCc1cn(C2CC(C)(C)N([O])C(C)(C)C2)nn1. The summed E-state index contributed by atoms with van der Waals surface area (Å²) in [6.45, 7) is 12.7. The molecule has 0 bridgehead atoms. The number of carbonyl (C=O) groups is 3. The number of hydrogen-bond donors (Lipinski definition) is 5. The van der Waals surface area contributed by atoms with E-state index in [0.29, 0.717) is 44.3 Å². The molecule has 0 unspecified atom stereocenters. The van der Waals surface area contributed by atoms with Crippen LogP contribution in [-0.2, 0) is 52.1 Å². The van der Waals surface area contributed by atoms with Gasteiger partial charge in [0.25, 0.3) is 0 Å². The van der Waals surface area contributed by atoms with Crippen molar-refractivity contribution in [2.24, 2.45) is 5.92 Å². The molecule has 1 fully saturated rings. The molecule has 2 aromatic carbocycles. The first-order chi connectivity index (χ1) is 26.7. The minimum Gasteiger partial charge on any atom is -0.357 e. The Balaban J connectivity index is 0.998. The van der Waals surface area contributed by atoms with E-state index in [4.69, 9.17) is 0 Å². The first-order valence-corrected chi connectivity index (χ1v) is 19.9. The number of nitrogens with one attached hydrogen (secondary N) is 5. The lowest BCUT2D eigenvalue weighted by atomic mass is 9.79. The topological polar surface area (TPSA) is 176 Å². The number of para-hydroxylation sites is 2. The molecule has 3 aliphatic heterocycles. The Morgan fingerprint density at radius 2 is 1.52 bits per heavy atom. The summed E-state index contributed by atoms with van der Waals surface area (Å²) in [5.74, 6) is -0.733. The zero-order valence-electron chi connectivity index (χ0n) is 33.1. The molecule has 3 aromatic heterocycles. The maximum Gasteiger partial charge on any atom is 0.243 e. The van der Waals surface area contributed by atoms with E-state index in [0.717, 1.165) is 44.3 Å². The third kappa shape index (κ3) is 7.09. The Morgan fingerprint density at radius 3 is 2.18 bits per heavy atom. The average molecular weight is 762 g/mol. The first kappa shape index (κ1) is 37.9. The molecule has 0 spiro atoms. The molecule has 56 heavy (non-hydrogen) atoms. The van der Waals surface area contributed by atoms with Crippen LogP contribution in [0.1, 0.15) is 95.1 Å². The minimum absolute atomic E-state index is 0.0119. The summed E-state index contributed by atoms with van der Waals surface area (Å²) in [6.07, 6.45) is 4.31. The van der Waals surface area contributed by atoms with Crippen molar-refractivity contribution in [1.29, 1.82) is 0 Å². The van der Waals surface area contributed by atoms with Gasteiger partial charge in [-0.05, 0) is 82.6 Å². The van der Waals surface area contributed by atoms with Gasteiger partial charge in [0.05, 0.1) is 31.4 Å². The zero-order valence-corrected chi connectivity index (χ0v) is 33.1. The fourth-order valence-electron chi connectivity index (χ4n) is 9.43. The molecule has 1 saturated heterocycles. The van der Waals surface area contributed by atoms with Crippen molar-refractivity contribution in [2.75, 3.05) is 0 Å². The van der Waals surface area contributed by atoms with E-state index >= 15 is 0 Å². The number of rotatable bonds is 9. The third-order valence-electron chi connectivity index (χ3n) is 12.0. The van der Waals surface area contributed by atoms with Gasteiger partial charge >= 0.3 is 0 Å². The van der Waals surface area contributed by atoms with E-state index in [-0.39, 0.29) is 42.8 Å². The van der Waals surface area contributed by atoms with Crippen LogP contribution in [0.3, 0.4) is 0 Å². The van der Waals surface area contributed by atoms with Crippen LogP contribution in [-0.4, -0.2) is 81.8 Å². The average Bonchev–Trinajstić information content (AvgIpc) is 3.89. The number of aromatic amines is 2. The van der Waals surface area contributed by atoms with Gasteiger partial charge in [0.15, 0.2) is 0 Å². The standard InChI is InChI=1S/C42H53N10O4/c1-24(2)15-33(38(53)44-20-25-22-51(49-48-25)26-18-41(3,4)52(56)42(5,6)19-26)47-39(54)37-17-30-28-12-8-10-14-32(28)46-36(30)23-50(37)40(55)34-16-29-27-11-7-9-13-31(27)45-35(29)21-43-34/h7-14,22,24,26,33-34,37,43,45-46H,15-21,23H2,1-6H3,(H,44,53)(H,47,54)/t33-,34+,37+/m1/s1. The Morgan fingerprint density at radius 1 is 0.893 bits per heavy atom. The number of H-pyrrole nitrogens is 2. The molecule has 1 radical (unpaired) electrons. The number of nitrogens with zero attached hydrogens (tertiary/aromatic N) is 5. The minimum atomic E-state index is -0.830. The Bertz CT molecular complexity index is 2270. The molecule has 3 aliphatic rings. The monoisotopic (exact) mass is 761 g/mol. The summed E-state index contributed by atoms with van der Waals surface area (Å²) in [7, 11) is 0. The van der Waals surface area contributed by atoms with Gasteiger partial charge in [-0.2, -0.15) is 0 Å². The maximum atomic E-state index is 14.6. The summed E-state index contributed by atoms with van der Waals surface area (Å²) >= 11 is 0. The molecule has 0 saturated carbocycles.